The lowest BCUT2D eigenvalue weighted by atomic mass is 9.78. The highest BCUT2D eigenvalue weighted by molar-refractivity contribution is 7.99. The van der Waals surface area contributed by atoms with E-state index < -0.39 is 0 Å². The molecule has 0 atom stereocenters. The van der Waals surface area contributed by atoms with Crippen LogP contribution in [0.25, 0.3) is 0 Å². The maximum absolute atomic E-state index is 8.90. The number of aliphatic hydroxyl groups excluding tert-OH is 2. The van der Waals surface area contributed by atoms with Gasteiger partial charge in [-0.1, -0.05) is 38.1 Å². The third kappa shape index (κ3) is 5.01. The summed E-state index contributed by atoms with van der Waals surface area (Å²) in [5.74, 6) is 1.46. The van der Waals surface area contributed by atoms with E-state index in [1.54, 1.807) is 23.5 Å². The van der Waals surface area contributed by atoms with Crippen LogP contribution in [0.3, 0.4) is 0 Å². The van der Waals surface area contributed by atoms with Gasteiger partial charge < -0.3 is 10.2 Å². The Kier molecular flexibility index (Phi) is 7.03. The molecular formula is C19H24O2S2. The zero-order chi connectivity index (χ0) is 16.7. The summed E-state index contributed by atoms with van der Waals surface area (Å²) in [7, 11) is 0. The van der Waals surface area contributed by atoms with Crippen molar-refractivity contribution in [3.05, 3.63) is 59.7 Å². The molecule has 0 amide bonds. The van der Waals surface area contributed by atoms with Crippen molar-refractivity contribution in [1.82, 2.24) is 0 Å². The zero-order valence-corrected chi connectivity index (χ0v) is 15.3. The van der Waals surface area contributed by atoms with Crippen LogP contribution in [0.4, 0.5) is 0 Å². The Morgan fingerprint density at radius 1 is 0.696 bits per heavy atom. The predicted molar refractivity (Wildman–Crippen MR) is 101 cm³/mol. The standard InChI is InChI=1S/C19H24O2S2/c1-19(2,15-3-7-17(8-4-15)22-13-11-20)16-5-9-18(10-6-16)23-14-12-21/h3-10,20-21H,11-14H2,1-2H3. The van der Waals surface area contributed by atoms with Crippen molar-refractivity contribution < 1.29 is 10.2 Å². The Bertz CT molecular complexity index is 538. The highest BCUT2D eigenvalue weighted by Crippen LogP contribution is 2.33. The summed E-state index contributed by atoms with van der Waals surface area (Å²) in [6.45, 7) is 4.88. The minimum atomic E-state index is -0.0552. The molecule has 0 saturated carbocycles. The minimum Gasteiger partial charge on any atom is -0.396 e. The third-order valence-electron chi connectivity index (χ3n) is 3.87. The maximum atomic E-state index is 8.90. The van der Waals surface area contributed by atoms with E-state index >= 15 is 0 Å². The number of thioether (sulfide) groups is 2. The number of benzene rings is 2. The van der Waals surface area contributed by atoms with Gasteiger partial charge in [0.15, 0.2) is 0 Å². The van der Waals surface area contributed by atoms with Crippen LogP contribution in [0.2, 0.25) is 0 Å². The van der Waals surface area contributed by atoms with Crippen LogP contribution in [-0.4, -0.2) is 34.9 Å². The van der Waals surface area contributed by atoms with Gasteiger partial charge in [-0.3, -0.25) is 0 Å². The molecule has 2 aromatic carbocycles. The molecule has 0 heterocycles. The van der Waals surface area contributed by atoms with Gasteiger partial charge in [0.25, 0.3) is 0 Å². The van der Waals surface area contributed by atoms with E-state index in [-0.39, 0.29) is 18.6 Å². The van der Waals surface area contributed by atoms with Gasteiger partial charge in [-0.2, -0.15) is 0 Å². The van der Waals surface area contributed by atoms with E-state index in [0.29, 0.717) is 0 Å². The molecule has 0 aliphatic heterocycles. The van der Waals surface area contributed by atoms with E-state index in [1.165, 1.54) is 20.9 Å². The summed E-state index contributed by atoms with van der Waals surface area (Å²) >= 11 is 3.34. The molecule has 4 heteroatoms. The minimum absolute atomic E-state index is 0.0552. The topological polar surface area (TPSA) is 40.5 Å². The van der Waals surface area contributed by atoms with Crippen LogP contribution in [-0.2, 0) is 5.41 Å². The summed E-state index contributed by atoms with van der Waals surface area (Å²) in [6, 6.07) is 17.2. The van der Waals surface area contributed by atoms with Gasteiger partial charge >= 0.3 is 0 Å². The van der Waals surface area contributed by atoms with Crippen molar-refractivity contribution >= 4 is 23.5 Å². The molecule has 0 aliphatic rings. The van der Waals surface area contributed by atoms with Crippen LogP contribution >= 0.6 is 23.5 Å². The number of hydrogen-bond acceptors (Lipinski definition) is 4. The molecule has 0 radical (unpaired) electrons. The second-order valence-electron chi connectivity index (χ2n) is 5.82. The first-order chi connectivity index (χ1) is 11.1. The lowest BCUT2D eigenvalue weighted by Crippen LogP contribution is -2.18. The molecule has 0 fully saturated rings. The highest BCUT2D eigenvalue weighted by Gasteiger charge is 2.22. The van der Waals surface area contributed by atoms with E-state index in [1.807, 2.05) is 0 Å². The summed E-state index contributed by atoms with van der Waals surface area (Å²) in [6.07, 6.45) is 0. The third-order valence-corrected chi connectivity index (χ3v) is 5.86. The van der Waals surface area contributed by atoms with E-state index in [0.717, 1.165) is 11.5 Å². The fourth-order valence-corrected chi connectivity index (χ4v) is 3.74. The number of rotatable bonds is 8. The second-order valence-corrected chi connectivity index (χ2v) is 8.15. The molecule has 124 valence electrons. The van der Waals surface area contributed by atoms with E-state index in [2.05, 4.69) is 62.4 Å². The Hall–Kier alpha value is -0.940. The largest absolute Gasteiger partial charge is 0.396 e. The molecule has 2 nitrogen and oxygen atoms in total. The summed E-state index contributed by atoms with van der Waals surface area (Å²) < 4.78 is 0. The molecular weight excluding hydrogens is 324 g/mol. The van der Waals surface area contributed by atoms with Crippen molar-refractivity contribution in [3.63, 3.8) is 0 Å². The van der Waals surface area contributed by atoms with Crippen molar-refractivity contribution in [1.29, 1.82) is 0 Å². The lowest BCUT2D eigenvalue weighted by Gasteiger charge is -2.26. The Morgan fingerprint density at radius 2 is 1.04 bits per heavy atom. The SMILES string of the molecule is CC(C)(c1ccc(SCCO)cc1)c1ccc(SCCO)cc1. The van der Waals surface area contributed by atoms with E-state index in [4.69, 9.17) is 10.2 Å². The maximum Gasteiger partial charge on any atom is 0.0525 e. The molecule has 0 unspecified atom stereocenters. The molecule has 0 bridgehead atoms. The van der Waals surface area contributed by atoms with Crippen molar-refractivity contribution in [3.8, 4) is 0 Å². The smallest absolute Gasteiger partial charge is 0.0525 e. The van der Waals surface area contributed by atoms with Crippen LogP contribution in [0, 0.1) is 0 Å². The number of aliphatic hydroxyl groups is 2. The van der Waals surface area contributed by atoms with Gasteiger partial charge in [0.1, 0.15) is 0 Å². The first-order valence-corrected chi connectivity index (χ1v) is 9.73. The van der Waals surface area contributed by atoms with Crippen LogP contribution < -0.4 is 0 Å². The van der Waals surface area contributed by atoms with Crippen LogP contribution in [0.1, 0.15) is 25.0 Å². The van der Waals surface area contributed by atoms with E-state index in [9.17, 15) is 0 Å². The summed E-state index contributed by atoms with van der Waals surface area (Å²) in [4.78, 5) is 2.38. The first-order valence-electron chi connectivity index (χ1n) is 7.76. The van der Waals surface area contributed by atoms with Gasteiger partial charge in [0.2, 0.25) is 0 Å². The van der Waals surface area contributed by atoms with Gasteiger partial charge in [-0.25, -0.2) is 0 Å². The number of hydrogen-bond donors (Lipinski definition) is 2. The molecule has 23 heavy (non-hydrogen) atoms. The van der Waals surface area contributed by atoms with Crippen LogP contribution in [0.15, 0.2) is 58.3 Å². The quantitative estimate of drug-likeness (QED) is 0.702. The molecule has 2 N–H and O–H groups in total. The molecule has 0 aromatic heterocycles. The molecule has 0 spiro atoms. The Morgan fingerprint density at radius 3 is 1.35 bits per heavy atom. The normalized spacial score (nSPS) is 11.7. The van der Waals surface area contributed by atoms with Crippen molar-refractivity contribution in [2.24, 2.45) is 0 Å². The predicted octanol–water partition coefficient (Wildman–Crippen LogP) is 4.18. The van der Waals surface area contributed by atoms with Gasteiger partial charge in [-0.05, 0) is 35.4 Å². The summed E-state index contributed by atoms with van der Waals surface area (Å²) in [5, 5.41) is 17.8. The van der Waals surface area contributed by atoms with Gasteiger partial charge in [-0.15, -0.1) is 23.5 Å². The fourth-order valence-electron chi connectivity index (χ4n) is 2.43. The van der Waals surface area contributed by atoms with Gasteiger partial charge in [0.05, 0.1) is 13.2 Å². The average molecular weight is 349 g/mol. The Balaban J connectivity index is 2.13. The molecule has 2 rings (SSSR count). The first kappa shape index (κ1) is 18.4. The molecule has 2 aromatic rings. The zero-order valence-electron chi connectivity index (χ0n) is 13.7. The molecule has 0 saturated heterocycles. The van der Waals surface area contributed by atoms with Crippen molar-refractivity contribution in [2.45, 2.75) is 29.1 Å². The Labute approximate surface area is 147 Å². The van der Waals surface area contributed by atoms with Crippen molar-refractivity contribution in [2.75, 3.05) is 24.7 Å². The average Bonchev–Trinajstić information content (AvgIpc) is 2.59. The highest BCUT2D eigenvalue weighted by atomic mass is 32.2. The monoisotopic (exact) mass is 348 g/mol. The summed E-state index contributed by atoms with van der Waals surface area (Å²) in [5.41, 5.74) is 2.50. The van der Waals surface area contributed by atoms with Crippen LogP contribution in [0.5, 0.6) is 0 Å². The fraction of sp³-hybridized carbons (Fsp3) is 0.368. The lowest BCUT2D eigenvalue weighted by molar-refractivity contribution is 0.322. The second kappa shape index (κ2) is 8.78. The molecule has 0 aliphatic carbocycles. The van der Waals surface area contributed by atoms with Gasteiger partial charge in [0, 0.05) is 26.7 Å².